The van der Waals surface area contributed by atoms with Crippen LogP contribution >= 0.6 is 0 Å². The van der Waals surface area contributed by atoms with Crippen molar-refractivity contribution in [1.82, 2.24) is 0 Å². The average Bonchev–Trinajstić information content (AvgIpc) is 2.55. The minimum Gasteiger partial charge on any atom is -0.396 e. The fourth-order valence-electron chi connectivity index (χ4n) is 2.30. The number of aliphatic hydroxyl groups excluding tert-OH is 5. The van der Waals surface area contributed by atoms with Crippen LogP contribution in [0.15, 0.2) is 12.2 Å². The van der Waals surface area contributed by atoms with Gasteiger partial charge in [0, 0.05) is 6.61 Å². The van der Waals surface area contributed by atoms with E-state index in [-0.39, 0.29) is 6.61 Å². The van der Waals surface area contributed by atoms with Crippen LogP contribution in [0, 0.1) is 11.8 Å². The Morgan fingerprint density at radius 1 is 1.13 bits per heavy atom. The highest BCUT2D eigenvalue weighted by molar-refractivity contribution is 5.13. The van der Waals surface area contributed by atoms with Gasteiger partial charge < -0.3 is 35.0 Å². The van der Waals surface area contributed by atoms with Crippen LogP contribution in [0.2, 0.25) is 0 Å². The third kappa shape index (κ3) is 6.20. The average molecular weight is 330 g/mol. The van der Waals surface area contributed by atoms with Gasteiger partial charge in [0.25, 0.3) is 0 Å². The zero-order chi connectivity index (χ0) is 17.2. The molecule has 1 rings (SSSR count). The van der Waals surface area contributed by atoms with Gasteiger partial charge in [-0.2, -0.15) is 0 Å². The number of allylic oxidation sites excluding steroid dienone is 2. The maximum Gasteiger partial charge on any atom is 0.186 e. The molecule has 0 bridgehead atoms. The minimum absolute atomic E-state index is 0.0967. The van der Waals surface area contributed by atoms with Crippen LogP contribution in [0.4, 0.5) is 0 Å². The monoisotopic (exact) mass is 330 g/mol. The maximum atomic E-state index is 9.94. The summed E-state index contributed by atoms with van der Waals surface area (Å²) >= 11 is 0. The zero-order valence-electron chi connectivity index (χ0n) is 13.2. The van der Waals surface area contributed by atoms with E-state index in [9.17, 15) is 15.3 Å². The van der Waals surface area contributed by atoms with Crippen LogP contribution in [0.3, 0.4) is 0 Å². The first-order chi connectivity index (χ1) is 11.0. The highest BCUT2D eigenvalue weighted by Gasteiger charge is 2.44. The first kappa shape index (κ1) is 20.1. The SMILES string of the molecule is CC#C/C=C/CCC(CCO)OC1OC(CO)C(O)C(O)C1O. The molecule has 1 aliphatic heterocycles. The van der Waals surface area contributed by atoms with Crippen LogP contribution in [0.5, 0.6) is 0 Å². The third-order valence-corrected chi connectivity index (χ3v) is 3.63. The Morgan fingerprint density at radius 2 is 1.87 bits per heavy atom. The molecular weight excluding hydrogens is 304 g/mol. The van der Waals surface area contributed by atoms with E-state index in [0.717, 1.165) is 0 Å². The Balaban J connectivity index is 2.60. The minimum atomic E-state index is -1.47. The lowest BCUT2D eigenvalue weighted by atomic mass is 9.99. The van der Waals surface area contributed by atoms with E-state index in [1.165, 1.54) is 0 Å². The summed E-state index contributed by atoms with van der Waals surface area (Å²) in [5.74, 6) is 5.53. The van der Waals surface area contributed by atoms with Crippen LogP contribution in [-0.4, -0.2) is 75.6 Å². The molecule has 0 aromatic carbocycles. The third-order valence-electron chi connectivity index (χ3n) is 3.63. The molecule has 1 fully saturated rings. The first-order valence-corrected chi connectivity index (χ1v) is 7.69. The van der Waals surface area contributed by atoms with Crippen LogP contribution in [-0.2, 0) is 9.47 Å². The number of aliphatic hydroxyl groups is 5. The van der Waals surface area contributed by atoms with Crippen molar-refractivity contribution in [2.45, 2.75) is 63.0 Å². The van der Waals surface area contributed by atoms with Gasteiger partial charge in [0.15, 0.2) is 6.29 Å². The fraction of sp³-hybridized carbons (Fsp3) is 0.750. The van der Waals surface area contributed by atoms with Gasteiger partial charge >= 0.3 is 0 Å². The molecule has 5 N–H and O–H groups in total. The fourth-order valence-corrected chi connectivity index (χ4v) is 2.30. The van der Waals surface area contributed by atoms with Crippen molar-refractivity contribution in [3.05, 3.63) is 12.2 Å². The number of rotatable bonds is 8. The van der Waals surface area contributed by atoms with Gasteiger partial charge in [-0.15, -0.1) is 5.92 Å². The second-order valence-corrected chi connectivity index (χ2v) is 5.34. The molecule has 7 nitrogen and oxygen atoms in total. The summed E-state index contributed by atoms with van der Waals surface area (Å²) in [6, 6.07) is 0. The van der Waals surface area contributed by atoms with Crippen molar-refractivity contribution < 1.29 is 35.0 Å². The van der Waals surface area contributed by atoms with Crippen molar-refractivity contribution in [3.8, 4) is 11.8 Å². The molecular formula is C16H26O7. The number of hydrogen-bond donors (Lipinski definition) is 5. The van der Waals surface area contributed by atoms with E-state index >= 15 is 0 Å². The normalized spacial score (nSPS) is 32.5. The van der Waals surface area contributed by atoms with E-state index in [1.807, 2.05) is 6.08 Å². The van der Waals surface area contributed by atoms with Gasteiger partial charge in [0.05, 0.1) is 12.7 Å². The Hall–Kier alpha value is -0.980. The molecule has 1 saturated heterocycles. The predicted octanol–water partition coefficient (Wildman–Crippen LogP) is -1.09. The molecule has 6 atom stereocenters. The summed E-state index contributed by atoms with van der Waals surface area (Å²) in [6.07, 6.45) is -1.74. The van der Waals surface area contributed by atoms with Gasteiger partial charge in [-0.25, -0.2) is 0 Å². The molecule has 0 spiro atoms. The highest BCUT2D eigenvalue weighted by Crippen LogP contribution is 2.24. The topological polar surface area (TPSA) is 120 Å². The molecule has 0 aromatic rings. The Morgan fingerprint density at radius 3 is 2.48 bits per heavy atom. The maximum absolute atomic E-state index is 9.94. The second-order valence-electron chi connectivity index (χ2n) is 5.34. The zero-order valence-corrected chi connectivity index (χ0v) is 13.2. The van der Waals surface area contributed by atoms with Crippen LogP contribution in [0.1, 0.15) is 26.2 Å². The first-order valence-electron chi connectivity index (χ1n) is 7.69. The lowest BCUT2D eigenvalue weighted by molar-refractivity contribution is -0.312. The molecule has 1 aliphatic rings. The Bertz CT molecular complexity index is 412. The van der Waals surface area contributed by atoms with Crippen molar-refractivity contribution >= 4 is 0 Å². The van der Waals surface area contributed by atoms with Crippen molar-refractivity contribution in [2.75, 3.05) is 13.2 Å². The lowest BCUT2D eigenvalue weighted by Gasteiger charge is -2.40. The smallest absolute Gasteiger partial charge is 0.186 e. The van der Waals surface area contributed by atoms with E-state index in [4.69, 9.17) is 19.7 Å². The summed E-state index contributed by atoms with van der Waals surface area (Å²) in [7, 11) is 0. The summed E-state index contributed by atoms with van der Waals surface area (Å²) in [6.45, 7) is 1.13. The number of hydrogen-bond acceptors (Lipinski definition) is 7. The quantitative estimate of drug-likeness (QED) is 0.359. The van der Waals surface area contributed by atoms with E-state index < -0.39 is 43.4 Å². The molecule has 6 unspecified atom stereocenters. The molecule has 0 amide bonds. The van der Waals surface area contributed by atoms with Gasteiger partial charge in [0.1, 0.15) is 24.4 Å². The van der Waals surface area contributed by atoms with Gasteiger partial charge in [-0.1, -0.05) is 12.0 Å². The van der Waals surface area contributed by atoms with Crippen molar-refractivity contribution in [3.63, 3.8) is 0 Å². The van der Waals surface area contributed by atoms with Crippen molar-refractivity contribution in [2.24, 2.45) is 0 Å². The predicted molar refractivity (Wildman–Crippen MR) is 82.2 cm³/mol. The largest absolute Gasteiger partial charge is 0.396 e. The standard InChI is InChI=1S/C16H26O7/c1-2-3-4-5-6-7-11(8-9-17)22-16-15(21)14(20)13(19)12(10-18)23-16/h4-5,11-21H,6-10H2,1H3/b5-4+. The molecule has 0 aliphatic carbocycles. The molecule has 0 saturated carbocycles. The molecule has 1 heterocycles. The Labute approximate surface area is 136 Å². The second kappa shape index (κ2) is 10.7. The van der Waals surface area contributed by atoms with Gasteiger partial charge in [0.2, 0.25) is 0 Å². The molecule has 23 heavy (non-hydrogen) atoms. The Kier molecular flexibility index (Phi) is 9.36. The molecule has 7 heteroatoms. The van der Waals surface area contributed by atoms with E-state index in [2.05, 4.69) is 11.8 Å². The summed E-state index contributed by atoms with van der Waals surface area (Å²) in [5, 5.41) is 47.7. The van der Waals surface area contributed by atoms with Gasteiger partial charge in [-0.05, 0) is 32.3 Å². The summed E-state index contributed by atoms with van der Waals surface area (Å²) in [5.41, 5.74) is 0. The van der Waals surface area contributed by atoms with Crippen LogP contribution < -0.4 is 0 Å². The van der Waals surface area contributed by atoms with E-state index in [1.54, 1.807) is 13.0 Å². The van der Waals surface area contributed by atoms with Crippen molar-refractivity contribution in [1.29, 1.82) is 0 Å². The molecule has 0 aromatic heterocycles. The molecule has 132 valence electrons. The lowest BCUT2D eigenvalue weighted by Crippen LogP contribution is -2.59. The van der Waals surface area contributed by atoms with E-state index in [0.29, 0.717) is 19.3 Å². The summed E-state index contributed by atoms with van der Waals surface area (Å²) < 4.78 is 10.9. The molecule has 0 radical (unpaired) electrons. The summed E-state index contributed by atoms with van der Waals surface area (Å²) in [4.78, 5) is 0. The number of ether oxygens (including phenoxy) is 2. The highest BCUT2D eigenvalue weighted by atomic mass is 16.7. The van der Waals surface area contributed by atoms with Gasteiger partial charge in [-0.3, -0.25) is 0 Å². The van der Waals surface area contributed by atoms with Crippen LogP contribution in [0.25, 0.3) is 0 Å².